The zero-order valence-corrected chi connectivity index (χ0v) is 14.4. The molecule has 6 nitrogen and oxygen atoms in total. The normalized spacial score (nSPS) is 16.6. The third-order valence-electron chi connectivity index (χ3n) is 3.60. The van der Waals surface area contributed by atoms with Gasteiger partial charge in [-0.2, -0.15) is 0 Å². The lowest BCUT2D eigenvalue weighted by atomic mass is 10.2. The van der Waals surface area contributed by atoms with Crippen LogP contribution >= 0.6 is 15.9 Å². The van der Waals surface area contributed by atoms with Crippen molar-refractivity contribution < 1.29 is 14.3 Å². The fourth-order valence-corrected chi connectivity index (χ4v) is 2.75. The highest BCUT2D eigenvalue weighted by Crippen LogP contribution is 2.18. The van der Waals surface area contributed by atoms with Crippen molar-refractivity contribution in [1.82, 2.24) is 4.98 Å². The van der Waals surface area contributed by atoms with E-state index >= 15 is 0 Å². The number of anilines is 2. The minimum atomic E-state index is -0.367. The highest BCUT2D eigenvalue weighted by Gasteiger charge is 2.23. The lowest BCUT2D eigenvalue weighted by Crippen LogP contribution is -2.26. The lowest BCUT2D eigenvalue weighted by Gasteiger charge is -2.11. The van der Waals surface area contributed by atoms with Gasteiger partial charge in [0.1, 0.15) is 6.10 Å². The number of carbonyl (C=O) groups excluding carboxylic acids is 2. The predicted octanol–water partition coefficient (Wildman–Crippen LogP) is 3.21. The van der Waals surface area contributed by atoms with E-state index in [0.29, 0.717) is 23.5 Å². The molecule has 124 valence electrons. The van der Waals surface area contributed by atoms with Gasteiger partial charge in [-0.15, -0.1) is 0 Å². The SMILES string of the molecule is O=C(Nc1ccc(NC(=O)[C@H]2CCCO2)cc1)c1cncc(Br)c1. The van der Waals surface area contributed by atoms with Crippen LogP contribution in [0, 0.1) is 0 Å². The van der Waals surface area contributed by atoms with E-state index in [-0.39, 0.29) is 17.9 Å². The second kappa shape index (κ2) is 7.55. The molecule has 1 aromatic heterocycles. The van der Waals surface area contributed by atoms with Gasteiger partial charge in [0.15, 0.2) is 0 Å². The van der Waals surface area contributed by atoms with Crippen LogP contribution in [0.4, 0.5) is 11.4 Å². The summed E-state index contributed by atoms with van der Waals surface area (Å²) in [5, 5.41) is 5.59. The number of halogens is 1. The van der Waals surface area contributed by atoms with Gasteiger partial charge < -0.3 is 15.4 Å². The van der Waals surface area contributed by atoms with Crippen molar-refractivity contribution in [2.24, 2.45) is 0 Å². The van der Waals surface area contributed by atoms with Gasteiger partial charge >= 0.3 is 0 Å². The molecule has 24 heavy (non-hydrogen) atoms. The number of amides is 2. The Hall–Kier alpha value is -2.25. The van der Waals surface area contributed by atoms with Crippen LogP contribution in [0.15, 0.2) is 47.2 Å². The summed E-state index contributed by atoms with van der Waals surface area (Å²) < 4.78 is 6.08. The molecule has 2 amide bonds. The van der Waals surface area contributed by atoms with E-state index in [0.717, 1.165) is 17.3 Å². The van der Waals surface area contributed by atoms with Gasteiger partial charge in [0.05, 0.1) is 5.56 Å². The quantitative estimate of drug-likeness (QED) is 0.840. The Balaban J connectivity index is 1.60. The number of carbonyl (C=O) groups is 2. The van der Waals surface area contributed by atoms with Gasteiger partial charge in [-0.3, -0.25) is 14.6 Å². The number of hydrogen-bond acceptors (Lipinski definition) is 4. The highest BCUT2D eigenvalue weighted by molar-refractivity contribution is 9.10. The number of benzene rings is 1. The molecule has 1 atom stereocenters. The third-order valence-corrected chi connectivity index (χ3v) is 4.03. The molecule has 1 aromatic carbocycles. The van der Waals surface area contributed by atoms with Crippen LogP contribution < -0.4 is 10.6 Å². The number of aromatic nitrogens is 1. The van der Waals surface area contributed by atoms with Crippen molar-refractivity contribution in [3.8, 4) is 0 Å². The maximum atomic E-state index is 12.1. The first kappa shape index (κ1) is 16.6. The molecule has 7 heteroatoms. The molecule has 0 spiro atoms. The summed E-state index contributed by atoms with van der Waals surface area (Å²) in [6, 6.07) is 8.63. The molecule has 0 bridgehead atoms. The van der Waals surface area contributed by atoms with Gasteiger partial charge in [-0.1, -0.05) is 0 Å². The van der Waals surface area contributed by atoms with Crippen molar-refractivity contribution in [2.45, 2.75) is 18.9 Å². The number of hydrogen-bond donors (Lipinski definition) is 2. The number of pyridine rings is 1. The molecule has 0 aliphatic carbocycles. The average Bonchev–Trinajstić information content (AvgIpc) is 3.11. The van der Waals surface area contributed by atoms with E-state index in [9.17, 15) is 9.59 Å². The third kappa shape index (κ3) is 4.18. The van der Waals surface area contributed by atoms with E-state index in [2.05, 4.69) is 31.5 Å². The molecule has 1 fully saturated rings. The second-order valence-electron chi connectivity index (χ2n) is 5.41. The number of ether oxygens (including phenoxy) is 1. The zero-order chi connectivity index (χ0) is 16.9. The first-order valence-corrected chi connectivity index (χ1v) is 8.35. The molecule has 0 saturated carbocycles. The molecule has 0 radical (unpaired) electrons. The first-order chi connectivity index (χ1) is 11.6. The average molecular weight is 390 g/mol. The minimum absolute atomic E-state index is 0.135. The lowest BCUT2D eigenvalue weighted by molar-refractivity contribution is -0.124. The van der Waals surface area contributed by atoms with Crippen LogP contribution in [-0.2, 0) is 9.53 Å². The molecule has 1 aliphatic heterocycles. The monoisotopic (exact) mass is 389 g/mol. The molecular formula is C17H16BrN3O3. The Morgan fingerprint density at radius 1 is 1.12 bits per heavy atom. The Morgan fingerprint density at radius 3 is 2.46 bits per heavy atom. The molecule has 0 unspecified atom stereocenters. The van der Waals surface area contributed by atoms with E-state index in [1.54, 1.807) is 36.5 Å². The molecule has 2 aromatic rings. The van der Waals surface area contributed by atoms with Crippen molar-refractivity contribution in [1.29, 1.82) is 0 Å². The summed E-state index contributed by atoms with van der Waals surface area (Å²) in [5.41, 5.74) is 1.76. The summed E-state index contributed by atoms with van der Waals surface area (Å²) in [4.78, 5) is 28.1. The largest absolute Gasteiger partial charge is 0.368 e. The summed E-state index contributed by atoms with van der Waals surface area (Å²) in [6.45, 7) is 0.632. The Kier molecular flexibility index (Phi) is 5.22. The van der Waals surface area contributed by atoms with Crippen LogP contribution in [-0.4, -0.2) is 29.5 Å². The number of rotatable bonds is 4. The highest BCUT2D eigenvalue weighted by atomic mass is 79.9. The van der Waals surface area contributed by atoms with Gasteiger partial charge in [-0.05, 0) is 59.1 Å². The van der Waals surface area contributed by atoms with Crippen molar-refractivity contribution in [3.05, 3.63) is 52.8 Å². The fraction of sp³-hybridized carbons (Fsp3) is 0.235. The Labute approximate surface area is 147 Å². The van der Waals surface area contributed by atoms with Gasteiger partial charge in [0, 0.05) is 34.8 Å². The summed E-state index contributed by atoms with van der Waals surface area (Å²) in [6.07, 6.45) is 4.40. The molecular weight excluding hydrogens is 374 g/mol. The standard InChI is InChI=1S/C17H16BrN3O3/c18-12-8-11(9-19-10-12)16(22)20-13-3-5-14(6-4-13)21-17(23)15-2-1-7-24-15/h3-6,8-10,15H,1-2,7H2,(H,20,22)(H,21,23)/t15-/m1/s1. The van der Waals surface area contributed by atoms with E-state index in [1.165, 1.54) is 6.20 Å². The topological polar surface area (TPSA) is 80.3 Å². The number of nitrogens with one attached hydrogen (secondary N) is 2. The zero-order valence-electron chi connectivity index (χ0n) is 12.8. The molecule has 3 rings (SSSR count). The first-order valence-electron chi connectivity index (χ1n) is 7.56. The van der Waals surface area contributed by atoms with E-state index in [1.807, 2.05) is 0 Å². The maximum absolute atomic E-state index is 12.1. The minimum Gasteiger partial charge on any atom is -0.368 e. The van der Waals surface area contributed by atoms with Crippen LogP contribution in [0.1, 0.15) is 23.2 Å². The fourth-order valence-electron chi connectivity index (χ4n) is 2.38. The van der Waals surface area contributed by atoms with Crippen molar-refractivity contribution >= 4 is 39.1 Å². The van der Waals surface area contributed by atoms with Crippen molar-refractivity contribution in [2.75, 3.05) is 17.2 Å². The van der Waals surface area contributed by atoms with E-state index in [4.69, 9.17) is 4.74 Å². The van der Waals surface area contributed by atoms with Gasteiger partial charge in [-0.25, -0.2) is 0 Å². The van der Waals surface area contributed by atoms with Crippen LogP contribution in [0.2, 0.25) is 0 Å². The van der Waals surface area contributed by atoms with Crippen LogP contribution in [0.3, 0.4) is 0 Å². The summed E-state index contributed by atoms with van der Waals surface area (Å²) in [5.74, 6) is -0.385. The predicted molar refractivity (Wildman–Crippen MR) is 93.9 cm³/mol. The molecule has 1 saturated heterocycles. The smallest absolute Gasteiger partial charge is 0.257 e. The van der Waals surface area contributed by atoms with Crippen molar-refractivity contribution in [3.63, 3.8) is 0 Å². The Bertz CT molecular complexity index is 743. The second-order valence-corrected chi connectivity index (χ2v) is 6.33. The summed E-state index contributed by atoms with van der Waals surface area (Å²) >= 11 is 3.28. The molecule has 2 heterocycles. The Morgan fingerprint density at radius 2 is 1.83 bits per heavy atom. The maximum Gasteiger partial charge on any atom is 0.257 e. The van der Waals surface area contributed by atoms with Gasteiger partial charge in [0.25, 0.3) is 11.8 Å². The number of nitrogens with zero attached hydrogens (tertiary/aromatic N) is 1. The van der Waals surface area contributed by atoms with E-state index < -0.39 is 0 Å². The van der Waals surface area contributed by atoms with Crippen LogP contribution in [0.25, 0.3) is 0 Å². The molecule has 2 N–H and O–H groups in total. The van der Waals surface area contributed by atoms with Crippen LogP contribution in [0.5, 0.6) is 0 Å². The molecule has 1 aliphatic rings. The van der Waals surface area contributed by atoms with Gasteiger partial charge in [0.2, 0.25) is 0 Å². The summed E-state index contributed by atoms with van der Waals surface area (Å²) in [7, 11) is 0.